The average Bonchev–Trinajstić information content (AvgIpc) is 2.64. The summed E-state index contributed by atoms with van der Waals surface area (Å²) in [7, 11) is 0. The third-order valence-electron chi connectivity index (χ3n) is 4.07. The second-order valence-electron chi connectivity index (χ2n) is 6.20. The van der Waals surface area contributed by atoms with Crippen molar-refractivity contribution >= 4 is 34.8 Å². The molecule has 136 valence electrons. The van der Waals surface area contributed by atoms with E-state index in [9.17, 15) is 9.59 Å². The number of rotatable bonds is 5. The molecular formula is C22H19ClN2O2. The van der Waals surface area contributed by atoms with Crippen molar-refractivity contribution < 1.29 is 9.59 Å². The average molecular weight is 379 g/mol. The Kier molecular flexibility index (Phi) is 5.89. The molecule has 0 aliphatic rings. The molecule has 0 fully saturated rings. The van der Waals surface area contributed by atoms with Gasteiger partial charge in [-0.1, -0.05) is 48.0 Å². The zero-order valence-corrected chi connectivity index (χ0v) is 15.6. The summed E-state index contributed by atoms with van der Waals surface area (Å²) in [4.78, 5) is 24.7. The lowest BCUT2D eigenvalue weighted by atomic mass is 10.1. The van der Waals surface area contributed by atoms with Crippen LogP contribution in [0.15, 0.2) is 72.8 Å². The van der Waals surface area contributed by atoms with Crippen molar-refractivity contribution in [3.63, 3.8) is 0 Å². The van der Waals surface area contributed by atoms with Gasteiger partial charge >= 0.3 is 0 Å². The number of halogens is 1. The number of aryl methyl sites for hydroxylation is 1. The van der Waals surface area contributed by atoms with Crippen LogP contribution in [-0.2, 0) is 11.2 Å². The first-order chi connectivity index (χ1) is 13.0. The molecule has 0 saturated carbocycles. The second-order valence-corrected chi connectivity index (χ2v) is 6.64. The molecule has 0 aliphatic carbocycles. The smallest absolute Gasteiger partial charge is 0.255 e. The van der Waals surface area contributed by atoms with E-state index in [2.05, 4.69) is 10.6 Å². The monoisotopic (exact) mass is 378 g/mol. The maximum absolute atomic E-state index is 12.4. The van der Waals surface area contributed by atoms with Crippen LogP contribution >= 0.6 is 11.6 Å². The summed E-state index contributed by atoms with van der Waals surface area (Å²) in [6.07, 6.45) is 0.247. The predicted octanol–water partition coefficient (Wildman–Crippen LogP) is 5.08. The molecule has 0 bridgehead atoms. The number of carbonyl (C=O) groups is 2. The van der Waals surface area contributed by atoms with Crippen LogP contribution in [0.1, 0.15) is 21.5 Å². The normalized spacial score (nSPS) is 10.3. The van der Waals surface area contributed by atoms with Crippen LogP contribution in [-0.4, -0.2) is 11.8 Å². The SMILES string of the molecule is Cc1ccccc1C(=O)Nc1cccc(NC(=O)Cc2ccc(Cl)cc2)c1. The minimum atomic E-state index is -0.183. The molecule has 2 amide bonds. The topological polar surface area (TPSA) is 58.2 Å². The number of hydrogen-bond donors (Lipinski definition) is 2. The van der Waals surface area contributed by atoms with Gasteiger partial charge in [0.25, 0.3) is 5.91 Å². The summed E-state index contributed by atoms with van der Waals surface area (Å²) in [5, 5.41) is 6.35. The van der Waals surface area contributed by atoms with E-state index in [-0.39, 0.29) is 18.2 Å². The Hall–Kier alpha value is -3.11. The van der Waals surface area contributed by atoms with Gasteiger partial charge < -0.3 is 10.6 Å². The molecular weight excluding hydrogens is 360 g/mol. The number of amides is 2. The van der Waals surface area contributed by atoms with Crippen molar-refractivity contribution in [2.24, 2.45) is 0 Å². The van der Waals surface area contributed by atoms with Gasteiger partial charge in [0.05, 0.1) is 6.42 Å². The molecule has 2 N–H and O–H groups in total. The fourth-order valence-corrected chi connectivity index (χ4v) is 2.82. The Bertz CT molecular complexity index is 968. The number of nitrogens with one attached hydrogen (secondary N) is 2. The zero-order valence-electron chi connectivity index (χ0n) is 14.8. The fourth-order valence-electron chi connectivity index (χ4n) is 2.69. The summed E-state index contributed by atoms with van der Waals surface area (Å²) >= 11 is 5.86. The summed E-state index contributed by atoms with van der Waals surface area (Å²) in [5.74, 6) is -0.322. The van der Waals surface area contributed by atoms with Crippen LogP contribution in [0.25, 0.3) is 0 Å². The minimum absolute atomic E-state index is 0.139. The van der Waals surface area contributed by atoms with E-state index < -0.39 is 0 Å². The molecule has 3 rings (SSSR count). The van der Waals surface area contributed by atoms with Crippen molar-refractivity contribution in [1.29, 1.82) is 0 Å². The summed E-state index contributed by atoms with van der Waals surface area (Å²) in [5.41, 5.74) is 3.64. The number of hydrogen-bond acceptors (Lipinski definition) is 2. The Balaban J connectivity index is 1.64. The molecule has 3 aromatic carbocycles. The van der Waals surface area contributed by atoms with E-state index >= 15 is 0 Å². The van der Waals surface area contributed by atoms with Crippen LogP contribution in [0.3, 0.4) is 0 Å². The predicted molar refractivity (Wildman–Crippen MR) is 109 cm³/mol. The maximum atomic E-state index is 12.4. The van der Waals surface area contributed by atoms with Gasteiger partial charge in [0.15, 0.2) is 0 Å². The van der Waals surface area contributed by atoms with E-state index in [4.69, 9.17) is 11.6 Å². The van der Waals surface area contributed by atoms with Crippen molar-refractivity contribution in [2.45, 2.75) is 13.3 Å². The first-order valence-corrected chi connectivity index (χ1v) is 8.90. The maximum Gasteiger partial charge on any atom is 0.255 e. The number of carbonyl (C=O) groups excluding carboxylic acids is 2. The van der Waals surface area contributed by atoms with Crippen LogP contribution < -0.4 is 10.6 Å². The molecule has 0 heterocycles. The highest BCUT2D eigenvalue weighted by Gasteiger charge is 2.09. The Morgan fingerprint density at radius 2 is 1.52 bits per heavy atom. The molecule has 27 heavy (non-hydrogen) atoms. The van der Waals surface area contributed by atoms with Gasteiger partial charge in [-0.3, -0.25) is 9.59 Å². The Labute approximate surface area is 163 Å². The lowest BCUT2D eigenvalue weighted by Crippen LogP contribution is -2.15. The largest absolute Gasteiger partial charge is 0.326 e. The van der Waals surface area contributed by atoms with Gasteiger partial charge in [0.2, 0.25) is 5.91 Å². The fraction of sp³-hybridized carbons (Fsp3) is 0.0909. The lowest BCUT2D eigenvalue weighted by molar-refractivity contribution is -0.115. The van der Waals surface area contributed by atoms with Crippen LogP contribution in [0.2, 0.25) is 5.02 Å². The quantitative estimate of drug-likeness (QED) is 0.650. The summed E-state index contributed by atoms with van der Waals surface area (Å²) < 4.78 is 0. The molecule has 0 saturated heterocycles. The van der Waals surface area contributed by atoms with Gasteiger partial charge in [-0.25, -0.2) is 0 Å². The molecule has 0 unspecified atom stereocenters. The Morgan fingerprint density at radius 3 is 2.22 bits per heavy atom. The van der Waals surface area contributed by atoms with E-state index in [1.54, 1.807) is 42.5 Å². The van der Waals surface area contributed by atoms with Gasteiger partial charge in [0, 0.05) is 22.0 Å². The molecule has 5 heteroatoms. The van der Waals surface area contributed by atoms with E-state index in [0.29, 0.717) is 22.0 Å². The molecule has 0 aliphatic heterocycles. The van der Waals surface area contributed by atoms with E-state index in [0.717, 1.165) is 11.1 Å². The van der Waals surface area contributed by atoms with Gasteiger partial charge in [-0.2, -0.15) is 0 Å². The number of benzene rings is 3. The van der Waals surface area contributed by atoms with Crippen molar-refractivity contribution in [1.82, 2.24) is 0 Å². The van der Waals surface area contributed by atoms with E-state index in [1.807, 2.05) is 37.3 Å². The lowest BCUT2D eigenvalue weighted by Gasteiger charge is -2.10. The van der Waals surface area contributed by atoms with Crippen molar-refractivity contribution in [3.05, 3.63) is 94.5 Å². The first kappa shape index (κ1) is 18.7. The van der Waals surface area contributed by atoms with Gasteiger partial charge in [-0.05, 0) is 54.4 Å². The van der Waals surface area contributed by atoms with Crippen LogP contribution in [0, 0.1) is 6.92 Å². The van der Waals surface area contributed by atoms with E-state index in [1.165, 1.54) is 0 Å². The summed E-state index contributed by atoms with van der Waals surface area (Å²) in [6.45, 7) is 1.89. The first-order valence-electron chi connectivity index (χ1n) is 8.52. The van der Waals surface area contributed by atoms with Crippen LogP contribution in [0.5, 0.6) is 0 Å². The summed E-state index contributed by atoms with van der Waals surface area (Å²) in [6, 6.07) is 21.6. The van der Waals surface area contributed by atoms with Gasteiger partial charge in [0.1, 0.15) is 0 Å². The molecule has 0 aromatic heterocycles. The Morgan fingerprint density at radius 1 is 0.852 bits per heavy atom. The highest BCUT2D eigenvalue weighted by Crippen LogP contribution is 2.18. The standard InChI is InChI=1S/C22H19ClN2O2/c1-15-5-2-3-8-20(15)22(27)25-19-7-4-6-18(14-19)24-21(26)13-16-9-11-17(23)12-10-16/h2-12,14H,13H2,1H3,(H,24,26)(H,25,27). The van der Waals surface area contributed by atoms with Crippen molar-refractivity contribution in [2.75, 3.05) is 10.6 Å². The van der Waals surface area contributed by atoms with Crippen LogP contribution in [0.4, 0.5) is 11.4 Å². The molecule has 4 nitrogen and oxygen atoms in total. The molecule has 0 radical (unpaired) electrons. The van der Waals surface area contributed by atoms with Gasteiger partial charge in [-0.15, -0.1) is 0 Å². The van der Waals surface area contributed by atoms with Crippen molar-refractivity contribution in [3.8, 4) is 0 Å². The third kappa shape index (κ3) is 5.19. The third-order valence-corrected chi connectivity index (χ3v) is 4.32. The highest BCUT2D eigenvalue weighted by molar-refractivity contribution is 6.30. The minimum Gasteiger partial charge on any atom is -0.326 e. The second kappa shape index (κ2) is 8.52. The highest BCUT2D eigenvalue weighted by atomic mass is 35.5. The number of anilines is 2. The molecule has 0 spiro atoms. The molecule has 3 aromatic rings. The molecule has 0 atom stereocenters. The zero-order chi connectivity index (χ0) is 19.2.